The van der Waals surface area contributed by atoms with Crippen LogP contribution in [0.15, 0.2) is 36.4 Å². The summed E-state index contributed by atoms with van der Waals surface area (Å²) in [7, 11) is 0. The third kappa shape index (κ3) is 3.40. The van der Waals surface area contributed by atoms with Gasteiger partial charge in [-0.15, -0.1) is 0 Å². The first-order valence-electron chi connectivity index (χ1n) is 9.07. The number of benzene rings is 2. The lowest BCUT2D eigenvalue weighted by Gasteiger charge is -2.35. The van der Waals surface area contributed by atoms with Gasteiger partial charge in [-0.05, 0) is 43.2 Å². The topological polar surface area (TPSA) is 42.0 Å². The molecule has 0 bridgehead atoms. The van der Waals surface area contributed by atoms with Gasteiger partial charge in [0.2, 0.25) is 6.79 Å². The predicted molar refractivity (Wildman–Crippen MR) is 99.7 cm³/mol. The van der Waals surface area contributed by atoms with Crippen LogP contribution in [0.2, 0.25) is 0 Å². The lowest BCUT2D eigenvalue weighted by Crippen LogP contribution is -2.48. The average Bonchev–Trinajstić information content (AvgIpc) is 3.11. The average molecular weight is 352 g/mol. The van der Waals surface area contributed by atoms with E-state index in [1.54, 1.807) is 0 Å². The van der Waals surface area contributed by atoms with Gasteiger partial charge < -0.3 is 14.4 Å². The van der Waals surface area contributed by atoms with E-state index in [1.807, 2.05) is 36.9 Å². The van der Waals surface area contributed by atoms with Crippen LogP contribution in [0.3, 0.4) is 0 Å². The highest BCUT2D eigenvalue weighted by atomic mass is 16.7. The molecule has 0 spiro atoms. The highest BCUT2D eigenvalue weighted by Gasteiger charge is 2.23. The fourth-order valence-electron chi connectivity index (χ4n) is 3.54. The van der Waals surface area contributed by atoms with Gasteiger partial charge in [0.05, 0.1) is 0 Å². The minimum absolute atomic E-state index is 0.147. The van der Waals surface area contributed by atoms with E-state index >= 15 is 0 Å². The van der Waals surface area contributed by atoms with Crippen LogP contribution in [0.5, 0.6) is 11.5 Å². The van der Waals surface area contributed by atoms with E-state index < -0.39 is 0 Å². The van der Waals surface area contributed by atoms with Crippen molar-refractivity contribution in [2.45, 2.75) is 20.4 Å². The highest BCUT2D eigenvalue weighted by Crippen LogP contribution is 2.32. The molecule has 0 aliphatic carbocycles. The lowest BCUT2D eigenvalue weighted by atomic mass is 10.0. The summed E-state index contributed by atoms with van der Waals surface area (Å²) in [6.45, 7) is 8.48. The largest absolute Gasteiger partial charge is 0.454 e. The monoisotopic (exact) mass is 352 g/mol. The molecule has 26 heavy (non-hydrogen) atoms. The number of nitrogens with zero attached hydrogens (tertiary/aromatic N) is 2. The van der Waals surface area contributed by atoms with Crippen LogP contribution in [0.25, 0.3) is 0 Å². The maximum Gasteiger partial charge on any atom is 0.254 e. The number of hydrogen-bond acceptors (Lipinski definition) is 4. The van der Waals surface area contributed by atoms with Crippen molar-refractivity contribution in [2.75, 3.05) is 33.0 Å². The Morgan fingerprint density at radius 1 is 0.962 bits per heavy atom. The molecule has 0 unspecified atom stereocenters. The minimum Gasteiger partial charge on any atom is -0.454 e. The van der Waals surface area contributed by atoms with E-state index in [-0.39, 0.29) is 5.91 Å². The summed E-state index contributed by atoms with van der Waals surface area (Å²) in [6, 6.07) is 12.2. The number of aryl methyl sites for hydroxylation is 2. The van der Waals surface area contributed by atoms with Crippen molar-refractivity contribution in [1.29, 1.82) is 0 Å². The van der Waals surface area contributed by atoms with Crippen molar-refractivity contribution < 1.29 is 14.3 Å². The van der Waals surface area contributed by atoms with Crippen LogP contribution in [0.1, 0.15) is 27.0 Å². The van der Waals surface area contributed by atoms with Crippen molar-refractivity contribution in [3.05, 3.63) is 58.7 Å². The Labute approximate surface area is 154 Å². The minimum atomic E-state index is 0.147. The Morgan fingerprint density at radius 3 is 2.54 bits per heavy atom. The van der Waals surface area contributed by atoms with Gasteiger partial charge in [-0.1, -0.05) is 23.8 Å². The van der Waals surface area contributed by atoms with Crippen LogP contribution >= 0.6 is 0 Å². The summed E-state index contributed by atoms with van der Waals surface area (Å²) >= 11 is 0. The van der Waals surface area contributed by atoms with Crippen molar-refractivity contribution in [2.24, 2.45) is 0 Å². The first kappa shape index (κ1) is 16.9. The smallest absolute Gasteiger partial charge is 0.254 e. The van der Waals surface area contributed by atoms with Crippen LogP contribution < -0.4 is 9.47 Å². The number of piperazine rings is 1. The van der Waals surface area contributed by atoms with E-state index in [2.05, 4.69) is 23.1 Å². The van der Waals surface area contributed by atoms with E-state index in [4.69, 9.17) is 9.47 Å². The second-order valence-electron chi connectivity index (χ2n) is 7.07. The van der Waals surface area contributed by atoms with Crippen LogP contribution in [-0.2, 0) is 6.54 Å². The molecule has 5 nitrogen and oxygen atoms in total. The maximum atomic E-state index is 12.8. The molecule has 2 aromatic rings. The molecule has 0 radical (unpaired) electrons. The van der Waals surface area contributed by atoms with E-state index in [0.29, 0.717) is 6.79 Å². The summed E-state index contributed by atoms with van der Waals surface area (Å²) in [6.07, 6.45) is 0. The van der Waals surface area contributed by atoms with Crippen molar-refractivity contribution >= 4 is 5.91 Å². The van der Waals surface area contributed by atoms with Crippen LogP contribution in [0, 0.1) is 13.8 Å². The van der Waals surface area contributed by atoms with Gasteiger partial charge in [0.25, 0.3) is 5.91 Å². The van der Waals surface area contributed by atoms with Gasteiger partial charge in [0.1, 0.15) is 0 Å². The number of amides is 1. The SMILES string of the molecule is Cc1ccc(C)c(C(=O)N2CCN(Cc3ccc4c(c3)OCO4)CC2)c1. The second-order valence-corrected chi connectivity index (χ2v) is 7.07. The number of hydrogen-bond donors (Lipinski definition) is 0. The summed E-state index contributed by atoms with van der Waals surface area (Å²) < 4.78 is 10.8. The van der Waals surface area contributed by atoms with Gasteiger partial charge in [-0.2, -0.15) is 0 Å². The second kappa shape index (κ2) is 7.00. The summed E-state index contributed by atoms with van der Waals surface area (Å²) in [5, 5.41) is 0. The standard InChI is InChI=1S/C21H24N2O3/c1-15-3-4-16(2)18(11-15)21(24)23-9-7-22(8-10-23)13-17-5-6-19-20(12-17)26-14-25-19/h3-6,11-12H,7-10,13-14H2,1-2H3. The molecule has 1 fully saturated rings. The molecule has 2 aromatic carbocycles. The summed E-state index contributed by atoms with van der Waals surface area (Å²) in [5.41, 5.74) is 4.21. The maximum absolute atomic E-state index is 12.8. The molecule has 0 N–H and O–H groups in total. The molecule has 0 saturated carbocycles. The number of ether oxygens (including phenoxy) is 2. The molecule has 0 atom stereocenters. The van der Waals surface area contributed by atoms with Gasteiger partial charge in [0.15, 0.2) is 11.5 Å². The van der Waals surface area contributed by atoms with Gasteiger partial charge in [-0.3, -0.25) is 9.69 Å². The molecule has 0 aromatic heterocycles. The Bertz CT molecular complexity index is 826. The Kier molecular flexibility index (Phi) is 4.55. The lowest BCUT2D eigenvalue weighted by molar-refractivity contribution is 0.0627. The third-order valence-electron chi connectivity index (χ3n) is 5.13. The van der Waals surface area contributed by atoms with E-state index in [9.17, 15) is 4.79 Å². The zero-order valence-electron chi connectivity index (χ0n) is 15.3. The molecule has 2 aliphatic rings. The molecule has 5 heteroatoms. The highest BCUT2D eigenvalue weighted by molar-refractivity contribution is 5.95. The Balaban J connectivity index is 1.36. The van der Waals surface area contributed by atoms with Crippen LogP contribution in [-0.4, -0.2) is 48.7 Å². The molecule has 4 rings (SSSR count). The molecular formula is C21H24N2O3. The Morgan fingerprint density at radius 2 is 1.73 bits per heavy atom. The van der Waals surface area contributed by atoms with Gasteiger partial charge in [0, 0.05) is 38.3 Å². The zero-order chi connectivity index (χ0) is 18.1. The Hall–Kier alpha value is -2.53. The van der Waals surface area contributed by atoms with Crippen LogP contribution in [0.4, 0.5) is 0 Å². The van der Waals surface area contributed by atoms with Gasteiger partial charge >= 0.3 is 0 Å². The third-order valence-corrected chi connectivity index (χ3v) is 5.13. The first-order valence-corrected chi connectivity index (χ1v) is 9.07. The number of rotatable bonds is 3. The molecular weight excluding hydrogens is 328 g/mol. The number of carbonyl (C=O) groups is 1. The fraction of sp³-hybridized carbons (Fsp3) is 0.381. The van der Waals surface area contributed by atoms with Crippen molar-refractivity contribution in [1.82, 2.24) is 9.80 Å². The zero-order valence-corrected chi connectivity index (χ0v) is 15.3. The number of fused-ring (bicyclic) bond motifs is 1. The fourth-order valence-corrected chi connectivity index (χ4v) is 3.54. The quantitative estimate of drug-likeness (QED) is 0.852. The van der Waals surface area contributed by atoms with Crippen molar-refractivity contribution in [3.8, 4) is 11.5 Å². The molecule has 2 aliphatic heterocycles. The van der Waals surface area contributed by atoms with E-state index in [1.165, 1.54) is 5.56 Å². The molecule has 136 valence electrons. The van der Waals surface area contributed by atoms with E-state index in [0.717, 1.165) is 60.9 Å². The van der Waals surface area contributed by atoms with Crippen molar-refractivity contribution in [3.63, 3.8) is 0 Å². The summed E-state index contributed by atoms with van der Waals surface area (Å²) in [4.78, 5) is 17.2. The summed E-state index contributed by atoms with van der Waals surface area (Å²) in [5.74, 6) is 1.79. The normalized spacial score (nSPS) is 16.8. The molecule has 2 heterocycles. The predicted octanol–water partition coefficient (Wildman–Crippen LogP) is 2.99. The molecule has 1 saturated heterocycles. The number of carbonyl (C=O) groups excluding carboxylic acids is 1. The molecule has 1 amide bonds. The van der Waals surface area contributed by atoms with Gasteiger partial charge in [-0.25, -0.2) is 0 Å². The first-order chi connectivity index (χ1) is 12.6.